The lowest BCUT2D eigenvalue weighted by molar-refractivity contribution is -0.222. The van der Waals surface area contributed by atoms with Gasteiger partial charge in [0.15, 0.2) is 0 Å². The van der Waals surface area contributed by atoms with Crippen LogP contribution in [0.3, 0.4) is 0 Å². The molecule has 2 rings (SSSR count). The third kappa shape index (κ3) is 3.59. The van der Waals surface area contributed by atoms with Crippen LogP contribution in [-0.4, -0.2) is 17.7 Å². The third-order valence-corrected chi connectivity index (χ3v) is 2.89. The van der Waals surface area contributed by atoms with E-state index >= 15 is 0 Å². The first-order valence-electron chi connectivity index (χ1n) is 6.04. The van der Waals surface area contributed by atoms with Crippen molar-refractivity contribution in [2.24, 2.45) is 0 Å². The van der Waals surface area contributed by atoms with Crippen LogP contribution in [0.1, 0.15) is 25.0 Å². The number of esters is 2. The highest BCUT2D eigenvalue weighted by molar-refractivity contribution is 6.30. The summed E-state index contributed by atoms with van der Waals surface area (Å²) in [4.78, 5) is 23.5. The standard InChI is InChI=1S/C14H10ClF3O4/c1-13(2)21-11(19)10(12(20)22-13)5-7-3-8(14(16,17)18)6-9(15)4-7/h3-6H,1-2H3. The van der Waals surface area contributed by atoms with Crippen LogP contribution >= 0.6 is 11.6 Å². The maximum Gasteiger partial charge on any atom is 0.416 e. The SMILES string of the molecule is CC1(C)OC(=O)C(=Cc2cc(Cl)cc(C(F)(F)F)c2)C(=O)O1. The fraction of sp³-hybridized carbons (Fsp3) is 0.286. The van der Waals surface area contributed by atoms with Crippen molar-refractivity contribution in [2.75, 3.05) is 0 Å². The topological polar surface area (TPSA) is 52.6 Å². The molecule has 1 aromatic carbocycles. The van der Waals surface area contributed by atoms with Crippen LogP contribution in [0.5, 0.6) is 0 Å². The van der Waals surface area contributed by atoms with Gasteiger partial charge in [0.2, 0.25) is 0 Å². The number of cyclic esters (lactones) is 2. The molecule has 0 aromatic heterocycles. The molecule has 0 spiro atoms. The Labute approximate surface area is 128 Å². The Morgan fingerprint density at radius 1 is 1.09 bits per heavy atom. The largest absolute Gasteiger partial charge is 0.419 e. The highest BCUT2D eigenvalue weighted by atomic mass is 35.5. The second-order valence-electron chi connectivity index (χ2n) is 5.01. The first kappa shape index (κ1) is 16.4. The Kier molecular flexibility index (Phi) is 3.95. The van der Waals surface area contributed by atoms with Crippen molar-refractivity contribution in [3.63, 3.8) is 0 Å². The van der Waals surface area contributed by atoms with Gasteiger partial charge in [-0.25, -0.2) is 9.59 Å². The molecule has 118 valence electrons. The number of hydrogen-bond acceptors (Lipinski definition) is 4. The Morgan fingerprint density at radius 2 is 1.64 bits per heavy atom. The average Bonchev–Trinajstić information content (AvgIpc) is 2.31. The van der Waals surface area contributed by atoms with Gasteiger partial charge in [-0.1, -0.05) is 11.6 Å². The van der Waals surface area contributed by atoms with Crippen LogP contribution in [0.15, 0.2) is 23.8 Å². The summed E-state index contributed by atoms with van der Waals surface area (Å²) in [5.41, 5.74) is -1.57. The molecule has 22 heavy (non-hydrogen) atoms. The van der Waals surface area contributed by atoms with Crippen LogP contribution in [0.2, 0.25) is 5.02 Å². The van der Waals surface area contributed by atoms with Gasteiger partial charge in [-0.05, 0) is 29.8 Å². The van der Waals surface area contributed by atoms with Crippen molar-refractivity contribution in [3.05, 3.63) is 39.9 Å². The molecule has 0 saturated carbocycles. The van der Waals surface area contributed by atoms with Gasteiger partial charge in [0.1, 0.15) is 5.57 Å². The minimum atomic E-state index is -4.60. The van der Waals surface area contributed by atoms with Crippen LogP contribution in [-0.2, 0) is 25.2 Å². The predicted molar refractivity (Wildman–Crippen MR) is 70.7 cm³/mol. The number of alkyl halides is 3. The van der Waals surface area contributed by atoms with Gasteiger partial charge in [0.05, 0.1) is 5.56 Å². The molecule has 0 atom stereocenters. The van der Waals surface area contributed by atoms with Crippen LogP contribution in [0.4, 0.5) is 13.2 Å². The Hall–Kier alpha value is -2.02. The molecule has 0 aliphatic carbocycles. The molecule has 0 unspecified atom stereocenters. The molecule has 1 heterocycles. The number of benzene rings is 1. The van der Waals surface area contributed by atoms with Crippen molar-refractivity contribution in [1.82, 2.24) is 0 Å². The van der Waals surface area contributed by atoms with Crippen molar-refractivity contribution >= 4 is 29.6 Å². The number of rotatable bonds is 1. The third-order valence-electron chi connectivity index (χ3n) is 2.68. The zero-order valence-electron chi connectivity index (χ0n) is 11.5. The molecule has 0 N–H and O–H groups in total. The van der Waals surface area contributed by atoms with Crippen LogP contribution < -0.4 is 0 Å². The van der Waals surface area contributed by atoms with E-state index in [1.54, 1.807) is 0 Å². The number of ether oxygens (including phenoxy) is 2. The minimum absolute atomic E-state index is 0.0663. The maximum absolute atomic E-state index is 12.7. The number of hydrogen-bond donors (Lipinski definition) is 0. The molecular weight excluding hydrogens is 325 g/mol. The molecule has 1 fully saturated rings. The van der Waals surface area contributed by atoms with E-state index in [1.807, 2.05) is 0 Å². The lowest BCUT2D eigenvalue weighted by Gasteiger charge is -2.29. The molecule has 8 heteroatoms. The summed E-state index contributed by atoms with van der Waals surface area (Å²) in [6.45, 7) is 2.72. The van der Waals surface area contributed by atoms with Gasteiger partial charge in [-0.2, -0.15) is 13.2 Å². The van der Waals surface area contributed by atoms with Gasteiger partial charge in [-0.15, -0.1) is 0 Å². The molecule has 1 saturated heterocycles. The normalized spacial score (nSPS) is 17.8. The Bertz CT molecular complexity index is 655. The van der Waals surface area contributed by atoms with E-state index in [0.717, 1.165) is 18.2 Å². The van der Waals surface area contributed by atoms with E-state index < -0.39 is 35.0 Å². The molecule has 0 bridgehead atoms. The van der Waals surface area contributed by atoms with Crippen molar-refractivity contribution in [2.45, 2.75) is 25.8 Å². The quantitative estimate of drug-likeness (QED) is 0.447. The summed E-state index contributed by atoms with van der Waals surface area (Å²) in [6.07, 6.45) is -3.66. The summed E-state index contributed by atoms with van der Waals surface area (Å²) >= 11 is 5.63. The van der Waals surface area contributed by atoms with E-state index in [1.165, 1.54) is 19.9 Å². The highest BCUT2D eigenvalue weighted by Crippen LogP contribution is 2.33. The maximum atomic E-state index is 12.7. The Balaban J connectivity index is 2.43. The summed E-state index contributed by atoms with van der Waals surface area (Å²) in [7, 11) is 0. The van der Waals surface area contributed by atoms with Gasteiger partial charge < -0.3 is 9.47 Å². The Morgan fingerprint density at radius 3 is 2.14 bits per heavy atom. The summed E-state index contributed by atoms with van der Waals surface area (Å²) in [5, 5.41) is -0.181. The van der Waals surface area contributed by atoms with E-state index in [-0.39, 0.29) is 10.6 Å². The van der Waals surface area contributed by atoms with Gasteiger partial charge in [0, 0.05) is 18.9 Å². The lowest BCUT2D eigenvalue weighted by atomic mass is 10.1. The van der Waals surface area contributed by atoms with E-state index in [9.17, 15) is 22.8 Å². The van der Waals surface area contributed by atoms with Crippen molar-refractivity contribution < 1.29 is 32.2 Å². The molecule has 1 aliphatic heterocycles. The fourth-order valence-corrected chi connectivity index (χ4v) is 2.05. The second kappa shape index (κ2) is 5.31. The zero-order chi connectivity index (χ0) is 16.7. The summed E-state index contributed by atoms with van der Waals surface area (Å²) in [5.74, 6) is -3.37. The van der Waals surface area contributed by atoms with Crippen molar-refractivity contribution in [3.8, 4) is 0 Å². The first-order chi connectivity index (χ1) is 9.98. The monoisotopic (exact) mass is 334 g/mol. The van der Waals surface area contributed by atoms with Crippen molar-refractivity contribution in [1.29, 1.82) is 0 Å². The summed E-state index contributed by atoms with van der Waals surface area (Å²) in [6, 6.07) is 2.69. The predicted octanol–water partition coefficient (Wildman–Crippen LogP) is 3.58. The molecule has 0 radical (unpaired) electrons. The van der Waals surface area contributed by atoms with Crippen LogP contribution in [0.25, 0.3) is 6.08 Å². The molecule has 1 aromatic rings. The second-order valence-corrected chi connectivity index (χ2v) is 5.44. The smallest absolute Gasteiger partial charge is 0.416 e. The molecule has 0 amide bonds. The van der Waals surface area contributed by atoms with Gasteiger partial charge >= 0.3 is 18.1 Å². The zero-order valence-corrected chi connectivity index (χ0v) is 12.2. The van der Waals surface area contributed by atoms with E-state index in [0.29, 0.717) is 0 Å². The number of carbonyl (C=O) groups is 2. The number of carbonyl (C=O) groups excluding carboxylic acids is 2. The minimum Gasteiger partial charge on any atom is -0.419 e. The van der Waals surface area contributed by atoms with Gasteiger partial charge in [0.25, 0.3) is 5.79 Å². The van der Waals surface area contributed by atoms with Crippen LogP contribution in [0, 0.1) is 0 Å². The van der Waals surface area contributed by atoms with Gasteiger partial charge in [-0.3, -0.25) is 0 Å². The lowest BCUT2D eigenvalue weighted by Crippen LogP contribution is -2.41. The molecule has 1 aliphatic rings. The fourth-order valence-electron chi connectivity index (χ4n) is 1.80. The average molecular weight is 335 g/mol. The van der Waals surface area contributed by atoms with E-state index in [4.69, 9.17) is 21.1 Å². The summed E-state index contributed by atoms with van der Waals surface area (Å²) < 4.78 is 47.9. The molecule has 4 nitrogen and oxygen atoms in total. The first-order valence-corrected chi connectivity index (χ1v) is 6.42. The number of halogens is 4. The highest BCUT2D eigenvalue weighted by Gasteiger charge is 2.39. The molecular formula is C14H10ClF3O4. The van der Waals surface area contributed by atoms with E-state index in [2.05, 4.69) is 0 Å².